The minimum Gasteiger partial charge on any atom is -0.257 e. The summed E-state index contributed by atoms with van der Waals surface area (Å²) in [6.45, 7) is 6.50. The Morgan fingerprint density at radius 2 is 2.13 bits per heavy atom. The van der Waals surface area contributed by atoms with E-state index in [-0.39, 0.29) is 5.41 Å². The van der Waals surface area contributed by atoms with Crippen molar-refractivity contribution in [2.75, 3.05) is 5.33 Å². The molecule has 0 bridgehead atoms. The number of alkyl halides is 1. The van der Waals surface area contributed by atoms with E-state index in [9.17, 15) is 0 Å². The molecule has 0 fully saturated rings. The zero-order valence-corrected chi connectivity index (χ0v) is 12.1. The molecule has 86 valence electrons. The van der Waals surface area contributed by atoms with Crippen LogP contribution in [0.2, 0.25) is 5.15 Å². The molecule has 15 heavy (non-hydrogen) atoms. The molecule has 0 amide bonds. The van der Waals surface area contributed by atoms with Crippen LogP contribution in [-0.4, -0.2) is 15.1 Å². The molecular weight excluding hydrogens is 275 g/mol. The molecule has 1 aromatic rings. The second-order valence-electron chi connectivity index (χ2n) is 4.45. The highest BCUT2D eigenvalue weighted by Crippen LogP contribution is 2.32. The maximum Gasteiger partial charge on any atom is 0.130 e. The van der Waals surface area contributed by atoms with Gasteiger partial charge in [-0.1, -0.05) is 41.4 Å². The van der Waals surface area contributed by atoms with Crippen molar-refractivity contribution >= 4 is 27.5 Å². The summed E-state index contributed by atoms with van der Waals surface area (Å²) in [5.41, 5.74) is 2.49. The summed E-state index contributed by atoms with van der Waals surface area (Å²) in [6, 6.07) is 0. The van der Waals surface area contributed by atoms with E-state index in [1.54, 1.807) is 4.68 Å². The average molecular weight is 294 g/mol. The van der Waals surface area contributed by atoms with Gasteiger partial charge in [0.1, 0.15) is 5.15 Å². The summed E-state index contributed by atoms with van der Waals surface area (Å²) >= 11 is 9.79. The first-order valence-corrected chi connectivity index (χ1v) is 6.67. The van der Waals surface area contributed by atoms with Crippen molar-refractivity contribution in [3.8, 4) is 0 Å². The van der Waals surface area contributed by atoms with Crippen molar-refractivity contribution in [3.63, 3.8) is 0 Å². The van der Waals surface area contributed by atoms with Gasteiger partial charge in [0.2, 0.25) is 0 Å². The molecule has 0 spiro atoms. The van der Waals surface area contributed by atoms with Gasteiger partial charge < -0.3 is 0 Å². The van der Waals surface area contributed by atoms with Gasteiger partial charge in [-0.2, -0.15) is 5.10 Å². The molecular formula is C11H18BrClN2. The van der Waals surface area contributed by atoms with E-state index in [4.69, 9.17) is 11.6 Å². The minimum absolute atomic E-state index is 0.261. The van der Waals surface area contributed by atoms with E-state index in [2.05, 4.69) is 34.9 Å². The molecule has 0 aliphatic heterocycles. The van der Waals surface area contributed by atoms with Gasteiger partial charge in [0, 0.05) is 17.9 Å². The first-order valence-electron chi connectivity index (χ1n) is 5.17. The monoisotopic (exact) mass is 292 g/mol. The summed E-state index contributed by atoms with van der Waals surface area (Å²) in [5, 5.41) is 6.09. The smallest absolute Gasteiger partial charge is 0.130 e. The van der Waals surface area contributed by atoms with Crippen LogP contribution in [-0.2, 0) is 13.5 Å². The number of nitrogens with zero attached hydrogens (tertiary/aromatic N) is 2. The van der Waals surface area contributed by atoms with Crippen molar-refractivity contribution in [1.29, 1.82) is 0 Å². The quantitative estimate of drug-likeness (QED) is 0.773. The summed E-state index contributed by atoms with van der Waals surface area (Å²) < 4.78 is 1.75. The van der Waals surface area contributed by atoms with Crippen LogP contribution < -0.4 is 0 Å². The Labute approximate surface area is 105 Å². The predicted octanol–water partition coefficient (Wildman–Crippen LogP) is 3.74. The van der Waals surface area contributed by atoms with Crippen LogP contribution in [0.25, 0.3) is 0 Å². The van der Waals surface area contributed by atoms with Gasteiger partial charge in [0.15, 0.2) is 0 Å². The van der Waals surface area contributed by atoms with Crippen molar-refractivity contribution in [3.05, 3.63) is 16.4 Å². The molecule has 1 atom stereocenters. The van der Waals surface area contributed by atoms with Crippen LogP contribution in [0.3, 0.4) is 0 Å². The molecule has 2 nitrogen and oxygen atoms in total. The summed E-state index contributed by atoms with van der Waals surface area (Å²) in [5.74, 6) is 0. The molecule has 4 heteroatoms. The van der Waals surface area contributed by atoms with Crippen molar-refractivity contribution in [2.24, 2.45) is 12.5 Å². The fourth-order valence-electron chi connectivity index (χ4n) is 1.57. The first-order chi connectivity index (χ1) is 6.93. The molecule has 1 heterocycles. The Bertz CT molecular complexity index is 343. The van der Waals surface area contributed by atoms with Crippen molar-refractivity contribution < 1.29 is 0 Å². The molecule has 1 rings (SSSR count). The molecule has 0 aromatic carbocycles. The normalized spacial score (nSPS) is 15.3. The van der Waals surface area contributed by atoms with Gasteiger partial charge in [0.25, 0.3) is 0 Å². The topological polar surface area (TPSA) is 17.8 Å². The fraction of sp³-hybridized carbons (Fsp3) is 0.727. The summed E-state index contributed by atoms with van der Waals surface area (Å²) in [4.78, 5) is 0. The van der Waals surface area contributed by atoms with Gasteiger partial charge in [-0.25, -0.2) is 0 Å². The van der Waals surface area contributed by atoms with Gasteiger partial charge in [-0.3, -0.25) is 4.68 Å². The van der Waals surface area contributed by atoms with Gasteiger partial charge >= 0.3 is 0 Å². The number of rotatable bonds is 4. The molecule has 0 saturated heterocycles. The van der Waals surface area contributed by atoms with Crippen LogP contribution in [0.15, 0.2) is 0 Å². The van der Waals surface area contributed by atoms with Gasteiger partial charge in [0.05, 0.1) is 5.69 Å². The SMILES string of the molecule is CCC(C)(CBr)Cc1c(C)nn(C)c1Cl. The molecule has 1 aromatic heterocycles. The lowest BCUT2D eigenvalue weighted by Crippen LogP contribution is -2.20. The zero-order chi connectivity index (χ0) is 11.6. The Morgan fingerprint density at radius 3 is 2.47 bits per heavy atom. The van der Waals surface area contributed by atoms with Gasteiger partial charge in [-0.05, 0) is 25.2 Å². The third kappa shape index (κ3) is 2.76. The largest absolute Gasteiger partial charge is 0.257 e. The number of hydrogen-bond donors (Lipinski definition) is 0. The van der Waals surface area contributed by atoms with Crippen LogP contribution >= 0.6 is 27.5 Å². The highest BCUT2D eigenvalue weighted by Gasteiger charge is 2.25. The fourth-order valence-corrected chi connectivity index (χ4v) is 2.40. The van der Waals surface area contributed by atoms with Crippen LogP contribution in [0, 0.1) is 12.3 Å². The van der Waals surface area contributed by atoms with Crippen molar-refractivity contribution in [1.82, 2.24) is 9.78 Å². The summed E-state index contributed by atoms with van der Waals surface area (Å²) in [7, 11) is 1.89. The zero-order valence-electron chi connectivity index (χ0n) is 9.77. The highest BCUT2D eigenvalue weighted by atomic mass is 79.9. The Balaban J connectivity index is 2.98. The second-order valence-corrected chi connectivity index (χ2v) is 5.37. The van der Waals surface area contributed by atoms with Gasteiger partial charge in [-0.15, -0.1) is 0 Å². The van der Waals surface area contributed by atoms with Crippen LogP contribution in [0.5, 0.6) is 0 Å². The Hall–Kier alpha value is -0.0200. The van der Waals surface area contributed by atoms with E-state index in [0.717, 1.165) is 29.0 Å². The molecule has 0 saturated carbocycles. The van der Waals surface area contributed by atoms with E-state index in [1.807, 2.05) is 14.0 Å². The molecule has 0 aliphatic carbocycles. The number of aromatic nitrogens is 2. The standard InChI is InChI=1S/C11H18BrClN2/c1-5-11(3,7-12)6-9-8(2)14-15(4)10(9)13/h5-7H2,1-4H3. The lowest BCUT2D eigenvalue weighted by molar-refractivity contribution is 0.361. The molecule has 0 N–H and O–H groups in total. The Kier molecular flexibility index (Phi) is 4.24. The molecule has 0 aliphatic rings. The maximum atomic E-state index is 6.22. The Morgan fingerprint density at radius 1 is 1.53 bits per heavy atom. The third-order valence-electron chi connectivity index (χ3n) is 3.05. The first kappa shape index (κ1) is 13.0. The highest BCUT2D eigenvalue weighted by molar-refractivity contribution is 9.09. The van der Waals surface area contributed by atoms with Crippen molar-refractivity contribution in [2.45, 2.75) is 33.6 Å². The molecule has 1 unspecified atom stereocenters. The van der Waals surface area contributed by atoms with E-state index < -0.39 is 0 Å². The number of halogens is 2. The number of aryl methyl sites for hydroxylation is 2. The van der Waals surface area contributed by atoms with E-state index >= 15 is 0 Å². The molecule has 0 radical (unpaired) electrons. The maximum absolute atomic E-state index is 6.22. The predicted molar refractivity (Wildman–Crippen MR) is 68.9 cm³/mol. The van der Waals surface area contributed by atoms with E-state index in [0.29, 0.717) is 0 Å². The lowest BCUT2D eigenvalue weighted by atomic mass is 9.83. The minimum atomic E-state index is 0.261. The third-order valence-corrected chi connectivity index (χ3v) is 4.88. The van der Waals surface area contributed by atoms with Crippen LogP contribution in [0.4, 0.5) is 0 Å². The second kappa shape index (κ2) is 4.88. The average Bonchev–Trinajstić information content (AvgIpc) is 2.45. The summed E-state index contributed by atoms with van der Waals surface area (Å²) in [6.07, 6.45) is 2.11. The van der Waals surface area contributed by atoms with E-state index in [1.165, 1.54) is 5.56 Å². The number of hydrogen-bond acceptors (Lipinski definition) is 1. The lowest BCUT2D eigenvalue weighted by Gasteiger charge is -2.25. The van der Waals surface area contributed by atoms with Crippen LogP contribution in [0.1, 0.15) is 31.5 Å².